The van der Waals surface area contributed by atoms with Crippen molar-refractivity contribution in [2.24, 2.45) is 37.4 Å². The number of aliphatic hydroxyl groups is 1. The van der Waals surface area contributed by atoms with Gasteiger partial charge >= 0.3 is 17.1 Å². The van der Waals surface area contributed by atoms with E-state index in [2.05, 4.69) is 154 Å². The quantitative estimate of drug-likeness (QED) is 0.122. The lowest BCUT2D eigenvalue weighted by atomic mass is 9.96. The minimum Gasteiger partial charge on any atom is -0.389 e. The predicted molar refractivity (Wildman–Crippen MR) is 413 cm³/mol. The fourth-order valence-corrected chi connectivity index (χ4v) is 12.4. The Bertz CT molecular complexity index is 4530. The number of aryl methyl sites for hydroxylation is 6. The number of fused-ring (bicyclic) bond motifs is 3. The van der Waals surface area contributed by atoms with E-state index in [9.17, 15) is 37.5 Å². The third-order valence-electron chi connectivity index (χ3n) is 18.0. The molecule has 101 heavy (non-hydrogen) atoms. The third-order valence-corrected chi connectivity index (χ3v) is 18.0. The van der Waals surface area contributed by atoms with Gasteiger partial charge < -0.3 is 20.2 Å². The Labute approximate surface area is 602 Å². The molecule has 0 bridgehead atoms. The van der Waals surface area contributed by atoms with Crippen molar-refractivity contribution in [2.45, 2.75) is 170 Å². The highest BCUT2D eigenvalue weighted by atomic mass is 35.7. The Hall–Kier alpha value is -8.02. The van der Waals surface area contributed by atoms with Gasteiger partial charge in [-0.15, -0.1) is 0 Å². The van der Waals surface area contributed by atoms with Crippen molar-refractivity contribution in [3.63, 3.8) is 0 Å². The van der Waals surface area contributed by atoms with Crippen molar-refractivity contribution >= 4 is 65.0 Å². The van der Waals surface area contributed by atoms with E-state index in [0.717, 1.165) is 131 Å². The van der Waals surface area contributed by atoms with Gasteiger partial charge in [-0.1, -0.05) is 120 Å². The van der Waals surface area contributed by atoms with Crippen molar-refractivity contribution in [2.75, 3.05) is 58.6 Å². The van der Waals surface area contributed by atoms with Gasteiger partial charge in [-0.05, 0) is 145 Å². The molecular formula is C78H112ClN13O8S. The fraction of sp³-hybridized carbons (Fsp3) is 0.513. The standard InChI is InChI=1S/C27H37N5O2.C22H29N3O.C21H27N3O2.C6H12N2O.CH3ClO2S.CH4/c1-18-8-9-21(19(2)30-12-14-31(15-13-30)20(3)33)16-22(18)23-10-11-24-25(28-23)29(7)26(34)32(24)17-27(4,5)6;1-14(2)16-9-8-15(3)17(12-16)18-10-11-19-20(23-18)24(7)21(26)25(19)13-22(4,5)6;1-13-7-8-15(14(2)25)11-16(13)17-9-10-18-19(22-17)23(6)20(26)24(18)12-21(3,4)5;1-6(9)8-4-2-7-3-5-8;1-5(2,3)4;/h8-11,16,19H,12-15,17H2,1-7H3;8-12,14H,13H2,1-7H3;7-11,14,25H,12H2,1-6H3;7H,2-5H2,1H3;1H3;1H4. The van der Waals surface area contributed by atoms with E-state index in [0.29, 0.717) is 36.8 Å². The molecule has 550 valence electrons. The molecule has 2 unspecified atom stereocenters. The molecule has 2 fully saturated rings. The van der Waals surface area contributed by atoms with Gasteiger partial charge in [0.25, 0.3) is 0 Å². The number of carbonyl (C=O) groups excluding carboxylic acids is 2. The Morgan fingerprint density at radius 3 is 1.10 bits per heavy atom. The van der Waals surface area contributed by atoms with Crippen LogP contribution in [0.2, 0.25) is 0 Å². The van der Waals surface area contributed by atoms with E-state index in [1.807, 2.05) is 80.5 Å². The molecule has 6 aromatic heterocycles. The van der Waals surface area contributed by atoms with Crippen molar-refractivity contribution in [1.82, 2.24) is 62.4 Å². The first kappa shape index (κ1) is 81.9. The molecule has 2 aliphatic heterocycles. The number of piperazine rings is 2. The summed E-state index contributed by atoms with van der Waals surface area (Å²) in [6.07, 6.45) is 0.393. The maximum atomic E-state index is 12.9. The van der Waals surface area contributed by atoms with E-state index in [4.69, 9.17) is 15.0 Å². The normalized spacial score (nSPS) is 14.4. The summed E-state index contributed by atoms with van der Waals surface area (Å²) in [5, 5.41) is 13.1. The van der Waals surface area contributed by atoms with Crippen LogP contribution in [0.15, 0.2) is 105 Å². The minimum absolute atomic E-state index is 0. The van der Waals surface area contributed by atoms with Crippen LogP contribution in [-0.4, -0.2) is 141 Å². The number of halogens is 1. The second-order valence-electron chi connectivity index (χ2n) is 30.8. The molecule has 0 radical (unpaired) electrons. The summed E-state index contributed by atoms with van der Waals surface area (Å²) in [4.78, 5) is 81.5. The number of carbonyl (C=O) groups is 2. The number of hydrogen-bond donors (Lipinski definition) is 2. The lowest BCUT2D eigenvalue weighted by Crippen LogP contribution is -2.48. The molecule has 0 saturated carbocycles. The Balaban J connectivity index is 0.000000218. The van der Waals surface area contributed by atoms with E-state index >= 15 is 0 Å². The largest absolute Gasteiger partial charge is 0.389 e. The van der Waals surface area contributed by atoms with Gasteiger partial charge in [0.05, 0.1) is 46.0 Å². The number of pyridine rings is 3. The summed E-state index contributed by atoms with van der Waals surface area (Å²) in [5.41, 5.74) is 17.3. The van der Waals surface area contributed by atoms with Crippen LogP contribution >= 0.6 is 10.7 Å². The molecule has 8 heterocycles. The zero-order valence-corrected chi connectivity index (χ0v) is 64.7. The topological polar surface area (TPSA) is 230 Å². The number of amides is 2. The number of nitrogens with one attached hydrogen (secondary N) is 1. The molecule has 2 atom stereocenters. The number of benzene rings is 3. The van der Waals surface area contributed by atoms with Gasteiger partial charge in [0, 0.05) is 140 Å². The minimum atomic E-state index is -3.19. The second-order valence-corrected chi connectivity index (χ2v) is 33.8. The van der Waals surface area contributed by atoms with E-state index in [1.54, 1.807) is 60.2 Å². The molecule has 23 heteroatoms. The molecular weight excluding hydrogens is 1310 g/mol. The van der Waals surface area contributed by atoms with Crippen LogP contribution in [0.4, 0.5) is 0 Å². The second kappa shape index (κ2) is 33.4. The number of hydrogen-bond acceptors (Lipinski definition) is 13. The summed E-state index contributed by atoms with van der Waals surface area (Å²) in [6, 6.07) is 31.3. The Morgan fingerprint density at radius 2 is 0.802 bits per heavy atom. The van der Waals surface area contributed by atoms with Gasteiger partial charge in [0.15, 0.2) is 16.9 Å². The number of nitrogens with zero attached hydrogens (tertiary/aromatic N) is 12. The zero-order valence-electron chi connectivity index (χ0n) is 63.1. The van der Waals surface area contributed by atoms with Gasteiger partial charge in [0.2, 0.25) is 20.9 Å². The van der Waals surface area contributed by atoms with Gasteiger partial charge in [-0.25, -0.2) is 37.8 Å². The van der Waals surface area contributed by atoms with Crippen LogP contribution in [-0.2, 0) is 59.4 Å². The average Bonchev–Trinajstić information content (AvgIpc) is 1.65. The molecule has 21 nitrogen and oxygen atoms in total. The molecule has 0 aliphatic carbocycles. The van der Waals surface area contributed by atoms with Crippen LogP contribution in [0.1, 0.15) is 163 Å². The SMILES string of the molecule is C.CC(=O)N1CCN(C(C)c2ccc(C)c(-c3ccc4c(n3)n(C)c(=O)n4CC(C)(C)C)c2)CC1.CC(=O)N1CCNCC1.CS(=O)(=O)Cl.Cc1ccc(C(C)C)cc1-c1ccc2c(n1)n(C)c(=O)n2CC(C)(C)C.Cc1ccc(C(C)O)cc1-c1ccc2c(n1)n(C)c(=O)n2CC(C)(C)C. The summed E-state index contributed by atoms with van der Waals surface area (Å²) in [6.45, 7) is 45.9. The molecule has 9 aromatic rings. The van der Waals surface area contributed by atoms with Crippen LogP contribution in [0.3, 0.4) is 0 Å². The maximum Gasteiger partial charge on any atom is 0.330 e. The summed E-state index contributed by atoms with van der Waals surface area (Å²) < 4.78 is 29.2. The van der Waals surface area contributed by atoms with Crippen LogP contribution in [0.25, 0.3) is 67.3 Å². The van der Waals surface area contributed by atoms with E-state index in [1.165, 1.54) is 16.7 Å². The third kappa shape index (κ3) is 21.3. The van der Waals surface area contributed by atoms with Crippen LogP contribution in [0, 0.1) is 37.0 Å². The highest BCUT2D eigenvalue weighted by Gasteiger charge is 2.26. The molecule has 2 amide bonds. The maximum absolute atomic E-state index is 12.9. The zero-order chi connectivity index (χ0) is 74.4. The average molecular weight is 1430 g/mol. The lowest BCUT2D eigenvalue weighted by Gasteiger charge is -2.38. The number of aromatic nitrogens is 9. The van der Waals surface area contributed by atoms with Crippen LogP contribution in [0.5, 0.6) is 0 Å². The fourth-order valence-electron chi connectivity index (χ4n) is 12.4. The van der Waals surface area contributed by atoms with Crippen molar-refractivity contribution in [1.29, 1.82) is 0 Å². The Morgan fingerprint density at radius 1 is 0.505 bits per heavy atom. The summed E-state index contributed by atoms with van der Waals surface area (Å²) >= 11 is 0. The Kier molecular flexibility index (Phi) is 27.1. The molecule has 2 N–H and O–H groups in total. The van der Waals surface area contributed by atoms with Crippen molar-refractivity contribution < 1.29 is 23.1 Å². The predicted octanol–water partition coefficient (Wildman–Crippen LogP) is 12.9. The van der Waals surface area contributed by atoms with Crippen molar-refractivity contribution in [3.8, 4) is 33.8 Å². The summed E-state index contributed by atoms with van der Waals surface area (Å²) in [5.74, 6) is 0.809. The molecule has 2 saturated heterocycles. The lowest BCUT2D eigenvalue weighted by molar-refractivity contribution is -0.131. The number of aliphatic hydroxyl groups excluding tert-OH is 1. The van der Waals surface area contributed by atoms with Gasteiger partial charge in [-0.3, -0.25) is 41.9 Å². The first-order valence-electron chi connectivity index (χ1n) is 34.5. The first-order chi connectivity index (χ1) is 46.4. The first-order valence-corrected chi connectivity index (χ1v) is 37.2. The van der Waals surface area contributed by atoms with Gasteiger partial charge in [-0.2, -0.15) is 0 Å². The van der Waals surface area contributed by atoms with E-state index in [-0.39, 0.29) is 58.6 Å². The molecule has 0 spiro atoms. The van der Waals surface area contributed by atoms with Gasteiger partial charge in [0.1, 0.15) is 0 Å². The monoisotopic (exact) mass is 1430 g/mol. The highest BCUT2D eigenvalue weighted by molar-refractivity contribution is 8.13. The number of imidazole rings is 3. The summed E-state index contributed by atoms with van der Waals surface area (Å²) in [7, 11) is 6.67. The highest BCUT2D eigenvalue weighted by Crippen LogP contribution is 2.33. The van der Waals surface area contributed by atoms with Crippen molar-refractivity contribution in [3.05, 3.63) is 156 Å². The van der Waals surface area contributed by atoms with Crippen LogP contribution < -0.4 is 22.4 Å². The van der Waals surface area contributed by atoms with E-state index < -0.39 is 15.2 Å². The molecule has 11 rings (SSSR count). The number of rotatable bonds is 10. The molecule has 3 aromatic carbocycles. The smallest absolute Gasteiger partial charge is 0.330 e. The molecule has 2 aliphatic rings.